The van der Waals surface area contributed by atoms with Gasteiger partial charge in [-0.3, -0.25) is 0 Å². The lowest BCUT2D eigenvalue weighted by atomic mass is 9.93. The number of aryl methyl sites for hydroxylation is 1. The van der Waals surface area contributed by atoms with Gasteiger partial charge in [0, 0.05) is 22.8 Å². The predicted octanol–water partition coefficient (Wildman–Crippen LogP) is 5.05. The summed E-state index contributed by atoms with van der Waals surface area (Å²) in [6.45, 7) is 2.54. The second kappa shape index (κ2) is 7.79. The number of hydrogen-bond donors (Lipinski definition) is 1. The van der Waals surface area contributed by atoms with E-state index < -0.39 is 6.10 Å². The van der Waals surface area contributed by atoms with Crippen LogP contribution in [-0.4, -0.2) is 12.2 Å². The van der Waals surface area contributed by atoms with E-state index in [-0.39, 0.29) is 0 Å². The Morgan fingerprint density at radius 1 is 1.00 bits per heavy atom. The van der Waals surface area contributed by atoms with Gasteiger partial charge in [-0.25, -0.2) is 0 Å². The lowest BCUT2D eigenvalue weighted by Gasteiger charge is -2.24. The van der Waals surface area contributed by atoms with Crippen molar-refractivity contribution in [1.29, 1.82) is 0 Å². The number of fused-ring (bicyclic) bond motifs is 1. The number of methoxy groups -OCH3 is 1. The lowest BCUT2D eigenvalue weighted by Crippen LogP contribution is -2.10. The quantitative estimate of drug-likeness (QED) is 0.679. The molecule has 4 nitrogen and oxygen atoms in total. The standard InChI is InChI=1S/C24H22O4/c1-16-7-9-17(10-8-16)14-27-18-11-12-20-23(13-18)28-15-21(24(20)25)19-5-3-4-6-22(19)26-2/h3-13,15,24-25H,14H2,1-2H3/t24-/m1/s1. The molecule has 0 radical (unpaired) electrons. The van der Waals surface area contributed by atoms with Gasteiger partial charge in [0.05, 0.1) is 13.4 Å². The van der Waals surface area contributed by atoms with E-state index >= 15 is 0 Å². The Balaban J connectivity index is 1.53. The summed E-state index contributed by atoms with van der Waals surface area (Å²) in [7, 11) is 1.61. The van der Waals surface area contributed by atoms with Crippen molar-refractivity contribution in [1.82, 2.24) is 0 Å². The van der Waals surface area contributed by atoms with E-state index in [1.807, 2.05) is 42.5 Å². The molecule has 0 fully saturated rings. The second-order valence-corrected chi connectivity index (χ2v) is 6.77. The zero-order valence-electron chi connectivity index (χ0n) is 15.9. The molecule has 1 aliphatic rings. The zero-order valence-corrected chi connectivity index (χ0v) is 15.9. The maximum atomic E-state index is 10.9. The van der Waals surface area contributed by atoms with Crippen LogP contribution in [0.5, 0.6) is 17.2 Å². The number of benzene rings is 3. The van der Waals surface area contributed by atoms with Crippen molar-refractivity contribution in [3.05, 3.63) is 95.2 Å². The van der Waals surface area contributed by atoms with Crippen molar-refractivity contribution in [2.24, 2.45) is 0 Å². The van der Waals surface area contributed by atoms with E-state index in [0.29, 0.717) is 35.0 Å². The molecular weight excluding hydrogens is 352 g/mol. The third-order valence-electron chi connectivity index (χ3n) is 4.83. The van der Waals surface area contributed by atoms with Crippen molar-refractivity contribution in [3.8, 4) is 17.2 Å². The summed E-state index contributed by atoms with van der Waals surface area (Å²) < 4.78 is 17.1. The third-order valence-corrected chi connectivity index (χ3v) is 4.83. The summed E-state index contributed by atoms with van der Waals surface area (Å²) >= 11 is 0. The average Bonchev–Trinajstić information content (AvgIpc) is 2.73. The smallest absolute Gasteiger partial charge is 0.136 e. The van der Waals surface area contributed by atoms with E-state index in [2.05, 4.69) is 31.2 Å². The molecule has 0 aromatic heterocycles. The molecule has 1 heterocycles. The van der Waals surface area contributed by atoms with Crippen molar-refractivity contribution >= 4 is 5.57 Å². The van der Waals surface area contributed by atoms with E-state index in [0.717, 1.165) is 11.1 Å². The SMILES string of the molecule is COc1ccccc1C1=COc2cc(OCc3ccc(C)cc3)ccc2[C@H]1O. The zero-order chi connectivity index (χ0) is 19.5. The fraction of sp³-hybridized carbons (Fsp3) is 0.167. The van der Waals surface area contributed by atoms with Gasteiger partial charge in [-0.05, 0) is 30.7 Å². The highest BCUT2D eigenvalue weighted by Gasteiger charge is 2.26. The topological polar surface area (TPSA) is 47.9 Å². The van der Waals surface area contributed by atoms with Crippen molar-refractivity contribution in [3.63, 3.8) is 0 Å². The minimum absolute atomic E-state index is 0.476. The molecule has 4 rings (SSSR count). The summed E-state index contributed by atoms with van der Waals surface area (Å²) in [6.07, 6.45) is 0.778. The fourth-order valence-corrected chi connectivity index (χ4v) is 3.24. The van der Waals surface area contributed by atoms with Gasteiger partial charge in [-0.1, -0.05) is 48.0 Å². The molecule has 0 spiro atoms. The molecule has 0 saturated carbocycles. The maximum absolute atomic E-state index is 10.9. The van der Waals surface area contributed by atoms with Gasteiger partial charge < -0.3 is 19.3 Å². The summed E-state index contributed by atoms with van der Waals surface area (Å²) in [6, 6.07) is 21.3. The number of hydrogen-bond acceptors (Lipinski definition) is 4. The number of ether oxygens (including phenoxy) is 3. The van der Waals surface area contributed by atoms with Gasteiger partial charge in [-0.2, -0.15) is 0 Å². The summed E-state index contributed by atoms with van der Waals surface area (Å²) in [4.78, 5) is 0. The van der Waals surface area contributed by atoms with Crippen LogP contribution in [0.1, 0.15) is 28.4 Å². The van der Waals surface area contributed by atoms with Gasteiger partial charge in [0.25, 0.3) is 0 Å². The summed E-state index contributed by atoms with van der Waals surface area (Å²) in [5, 5.41) is 10.9. The monoisotopic (exact) mass is 374 g/mol. The molecule has 0 bridgehead atoms. The first-order valence-corrected chi connectivity index (χ1v) is 9.16. The van der Waals surface area contributed by atoms with Crippen LogP contribution in [0.2, 0.25) is 0 Å². The normalized spacial score (nSPS) is 15.2. The molecular formula is C24H22O4. The molecule has 1 aliphatic heterocycles. The average molecular weight is 374 g/mol. The predicted molar refractivity (Wildman–Crippen MR) is 109 cm³/mol. The first-order chi connectivity index (χ1) is 13.7. The molecule has 1 N–H and O–H groups in total. The second-order valence-electron chi connectivity index (χ2n) is 6.77. The fourth-order valence-electron chi connectivity index (χ4n) is 3.24. The minimum atomic E-state index is -0.800. The van der Waals surface area contributed by atoms with Crippen LogP contribution >= 0.6 is 0 Å². The first-order valence-electron chi connectivity index (χ1n) is 9.16. The summed E-state index contributed by atoms with van der Waals surface area (Å²) in [5.41, 5.74) is 4.49. The van der Waals surface area contributed by atoms with Gasteiger partial charge in [0.1, 0.15) is 30.0 Å². The Bertz CT molecular complexity index is 1010. The van der Waals surface area contributed by atoms with Gasteiger partial charge in [-0.15, -0.1) is 0 Å². The van der Waals surface area contributed by atoms with Crippen LogP contribution in [0.3, 0.4) is 0 Å². The Kier molecular flexibility index (Phi) is 5.04. The van der Waals surface area contributed by atoms with Gasteiger partial charge >= 0.3 is 0 Å². The number of rotatable bonds is 5. The van der Waals surface area contributed by atoms with Crippen LogP contribution in [0.15, 0.2) is 73.0 Å². The van der Waals surface area contributed by atoms with Crippen molar-refractivity contribution in [2.75, 3.05) is 7.11 Å². The van der Waals surface area contributed by atoms with Gasteiger partial charge in [0.2, 0.25) is 0 Å². The van der Waals surface area contributed by atoms with Crippen molar-refractivity contribution < 1.29 is 19.3 Å². The first kappa shape index (κ1) is 18.1. The molecule has 1 atom stereocenters. The van der Waals surface area contributed by atoms with Crippen LogP contribution in [0, 0.1) is 6.92 Å². The van der Waals surface area contributed by atoms with Gasteiger partial charge in [0.15, 0.2) is 0 Å². The van der Waals surface area contributed by atoms with Crippen LogP contribution < -0.4 is 14.2 Å². The molecule has 4 heteroatoms. The van der Waals surface area contributed by atoms with Crippen LogP contribution in [0.25, 0.3) is 5.57 Å². The highest BCUT2D eigenvalue weighted by molar-refractivity contribution is 5.76. The van der Waals surface area contributed by atoms with Crippen LogP contribution in [0.4, 0.5) is 0 Å². The largest absolute Gasteiger partial charge is 0.496 e. The minimum Gasteiger partial charge on any atom is -0.496 e. The number of aliphatic hydroxyl groups is 1. The highest BCUT2D eigenvalue weighted by Crippen LogP contribution is 2.43. The molecule has 0 saturated heterocycles. The Labute approximate surface area is 164 Å². The van der Waals surface area contributed by atoms with E-state index in [9.17, 15) is 5.11 Å². The Morgan fingerprint density at radius 2 is 1.79 bits per heavy atom. The highest BCUT2D eigenvalue weighted by atomic mass is 16.5. The molecule has 28 heavy (non-hydrogen) atoms. The molecule has 0 aliphatic carbocycles. The molecule has 3 aromatic carbocycles. The summed E-state index contributed by atoms with van der Waals surface area (Å²) in [5.74, 6) is 1.98. The molecule has 3 aromatic rings. The van der Waals surface area contributed by atoms with E-state index in [4.69, 9.17) is 14.2 Å². The lowest BCUT2D eigenvalue weighted by molar-refractivity contribution is 0.223. The maximum Gasteiger partial charge on any atom is 0.136 e. The molecule has 142 valence electrons. The Morgan fingerprint density at radius 3 is 2.57 bits per heavy atom. The number of para-hydroxylation sites is 1. The van der Waals surface area contributed by atoms with Crippen molar-refractivity contribution in [2.45, 2.75) is 19.6 Å². The van der Waals surface area contributed by atoms with E-state index in [1.54, 1.807) is 13.4 Å². The third kappa shape index (κ3) is 3.59. The van der Waals surface area contributed by atoms with Crippen LogP contribution in [-0.2, 0) is 6.61 Å². The van der Waals surface area contributed by atoms with E-state index in [1.165, 1.54) is 5.56 Å². The Hall–Kier alpha value is -3.24. The molecule has 0 amide bonds. The molecule has 0 unspecified atom stereocenters. The number of aliphatic hydroxyl groups excluding tert-OH is 1.